The third kappa shape index (κ3) is 8.60. The van der Waals surface area contributed by atoms with Crippen LogP contribution in [0.5, 0.6) is 0 Å². The predicted octanol–water partition coefficient (Wildman–Crippen LogP) is 2.96. The van der Waals surface area contributed by atoms with Crippen LogP contribution in [0.3, 0.4) is 0 Å². The number of ether oxygens (including phenoxy) is 2. The summed E-state index contributed by atoms with van der Waals surface area (Å²) in [6.45, 7) is 10.8. The number of carbonyl (C=O) groups excluding carboxylic acids is 1. The molecule has 0 radical (unpaired) electrons. The van der Waals surface area contributed by atoms with Crippen molar-refractivity contribution in [3.63, 3.8) is 0 Å². The summed E-state index contributed by atoms with van der Waals surface area (Å²) >= 11 is 0. The number of amides is 1. The molecule has 1 amide bonds. The topological polar surface area (TPSA) is 59.6 Å². The quantitative estimate of drug-likeness (QED) is 0.560. The van der Waals surface area contributed by atoms with Crippen LogP contribution in [0.25, 0.3) is 0 Å². The van der Waals surface area contributed by atoms with Gasteiger partial charge in [-0.05, 0) is 59.4 Å². The van der Waals surface area contributed by atoms with Crippen molar-refractivity contribution < 1.29 is 14.3 Å². The van der Waals surface area contributed by atoms with Crippen molar-refractivity contribution in [1.29, 1.82) is 0 Å². The molecule has 1 rings (SSSR count). The van der Waals surface area contributed by atoms with Crippen molar-refractivity contribution in [2.24, 2.45) is 0 Å². The average Bonchev–Trinajstić information content (AvgIpc) is 2.38. The van der Waals surface area contributed by atoms with Crippen LogP contribution in [-0.4, -0.2) is 36.9 Å². The third-order valence-electron chi connectivity index (χ3n) is 3.44. The molecule has 1 aliphatic rings. The summed E-state index contributed by atoms with van der Waals surface area (Å²) in [6, 6.07) is 0.785. The van der Waals surface area contributed by atoms with Crippen LogP contribution < -0.4 is 10.6 Å². The monoisotopic (exact) mass is 298 g/mol. The fourth-order valence-corrected chi connectivity index (χ4v) is 2.46. The van der Waals surface area contributed by atoms with E-state index in [4.69, 9.17) is 9.47 Å². The number of carbonyl (C=O) groups is 1. The van der Waals surface area contributed by atoms with Gasteiger partial charge in [0, 0.05) is 12.1 Å². The first-order valence-electron chi connectivity index (χ1n) is 7.86. The Labute approximate surface area is 128 Å². The lowest BCUT2D eigenvalue weighted by Crippen LogP contribution is -2.44. The Bertz CT molecular complexity index is 318. The first kappa shape index (κ1) is 17.8. The van der Waals surface area contributed by atoms with Gasteiger partial charge in [0.15, 0.2) is 0 Å². The highest BCUT2D eigenvalue weighted by Crippen LogP contribution is 2.19. The second-order valence-electron chi connectivity index (χ2n) is 6.54. The van der Waals surface area contributed by atoms with Crippen LogP contribution in [0.4, 0.5) is 4.79 Å². The molecule has 122 valence electrons. The first-order valence-corrected chi connectivity index (χ1v) is 7.86. The van der Waals surface area contributed by atoms with Gasteiger partial charge in [-0.1, -0.05) is 6.58 Å². The highest BCUT2D eigenvalue weighted by molar-refractivity contribution is 5.68. The molecule has 0 spiro atoms. The van der Waals surface area contributed by atoms with Crippen LogP contribution in [0, 0.1) is 0 Å². The number of rotatable bonds is 7. The van der Waals surface area contributed by atoms with E-state index in [9.17, 15) is 4.79 Å². The zero-order valence-electron chi connectivity index (χ0n) is 13.6. The molecule has 21 heavy (non-hydrogen) atoms. The maximum absolute atomic E-state index is 11.7. The number of hydrogen-bond acceptors (Lipinski definition) is 4. The standard InChI is InChI=1S/C16H30N2O3/c1-5-20-12-6-11-17-13-7-9-14(10-8-13)18-15(19)21-16(2,3)4/h5,13-14,17H,1,6-12H2,2-4H3,(H,18,19). The molecular weight excluding hydrogens is 268 g/mol. The minimum Gasteiger partial charge on any atom is -0.502 e. The Balaban J connectivity index is 2.11. The second-order valence-corrected chi connectivity index (χ2v) is 6.54. The molecule has 1 aliphatic carbocycles. The van der Waals surface area contributed by atoms with Crippen molar-refractivity contribution in [2.45, 2.75) is 70.6 Å². The molecule has 0 saturated heterocycles. The average molecular weight is 298 g/mol. The van der Waals surface area contributed by atoms with E-state index in [0.29, 0.717) is 12.6 Å². The molecular formula is C16H30N2O3. The van der Waals surface area contributed by atoms with E-state index >= 15 is 0 Å². The van der Waals surface area contributed by atoms with Crippen LogP contribution in [0.1, 0.15) is 52.9 Å². The van der Waals surface area contributed by atoms with Gasteiger partial charge in [-0.3, -0.25) is 0 Å². The van der Waals surface area contributed by atoms with Gasteiger partial charge in [-0.2, -0.15) is 0 Å². The molecule has 0 bridgehead atoms. The smallest absolute Gasteiger partial charge is 0.407 e. The fraction of sp³-hybridized carbons (Fsp3) is 0.812. The Kier molecular flexibility index (Phi) is 7.57. The Hall–Kier alpha value is -1.23. The summed E-state index contributed by atoms with van der Waals surface area (Å²) in [5.41, 5.74) is -0.434. The van der Waals surface area contributed by atoms with E-state index in [1.54, 1.807) is 0 Å². The molecule has 1 fully saturated rings. The highest BCUT2D eigenvalue weighted by Gasteiger charge is 2.24. The molecule has 0 aromatic heterocycles. The van der Waals surface area contributed by atoms with Gasteiger partial charge < -0.3 is 20.1 Å². The summed E-state index contributed by atoms with van der Waals surface area (Å²) < 4.78 is 10.4. The van der Waals surface area contributed by atoms with E-state index in [2.05, 4.69) is 17.2 Å². The molecule has 0 heterocycles. The number of hydrogen-bond donors (Lipinski definition) is 2. The maximum Gasteiger partial charge on any atom is 0.407 e. The third-order valence-corrected chi connectivity index (χ3v) is 3.44. The molecule has 0 aromatic rings. The van der Waals surface area contributed by atoms with Crippen molar-refractivity contribution >= 4 is 6.09 Å². The minimum atomic E-state index is -0.434. The Morgan fingerprint density at radius 3 is 2.43 bits per heavy atom. The van der Waals surface area contributed by atoms with Gasteiger partial charge in [-0.15, -0.1) is 0 Å². The molecule has 1 saturated carbocycles. The Morgan fingerprint density at radius 2 is 1.86 bits per heavy atom. The fourth-order valence-electron chi connectivity index (χ4n) is 2.46. The summed E-state index contributed by atoms with van der Waals surface area (Å²) in [4.78, 5) is 11.7. The normalized spacial score (nSPS) is 22.4. The van der Waals surface area contributed by atoms with Gasteiger partial charge >= 0.3 is 6.09 Å². The summed E-state index contributed by atoms with van der Waals surface area (Å²) in [6.07, 6.45) is 6.34. The molecule has 5 nitrogen and oxygen atoms in total. The van der Waals surface area contributed by atoms with Gasteiger partial charge in [0.05, 0.1) is 12.9 Å². The largest absolute Gasteiger partial charge is 0.502 e. The Morgan fingerprint density at radius 1 is 1.24 bits per heavy atom. The zero-order valence-corrected chi connectivity index (χ0v) is 13.6. The van der Waals surface area contributed by atoms with Crippen LogP contribution >= 0.6 is 0 Å². The van der Waals surface area contributed by atoms with Crippen molar-refractivity contribution in [2.75, 3.05) is 13.2 Å². The molecule has 0 aliphatic heterocycles. The number of alkyl carbamates (subject to hydrolysis) is 1. The minimum absolute atomic E-state index is 0.238. The maximum atomic E-state index is 11.7. The van der Waals surface area contributed by atoms with Crippen LogP contribution in [0.2, 0.25) is 0 Å². The highest BCUT2D eigenvalue weighted by atomic mass is 16.6. The SMILES string of the molecule is C=COCCCNC1CCC(NC(=O)OC(C)(C)C)CC1. The van der Waals surface area contributed by atoms with E-state index in [0.717, 1.165) is 38.6 Å². The van der Waals surface area contributed by atoms with Gasteiger partial charge in [0.2, 0.25) is 0 Å². The van der Waals surface area contributed by atoms with Crippen molar-refractivity contribution in [1.82, 2.24) is 10.6 Å². The van der Waals surface area contributed by atoms with Crippen LogP contribution in [-0.2, 0) is 9.47 Å². The predicted molar refractivity (Wildman–Crippen MR) is 84.2 cm³/mol. The molecule has 0 unspecified atom stereocenters. The van der Waals surface area contributed by atoms with Gasteiger partial charge in [0.1, 0.15) is 5.60 Å². The van der Waals surface area contributed by atoms with E-state index in [-0.39, 0.29) is 12.1 Å². The van der Waals surface area contributed by atoms with E-state index in [1.807, 2.05) is 20.8 Å². The van der Waals surface area contributed by atoms with Gasteiger partial charge in [-0.25, -0.2) is 4.79 Å². The van der Waals surface area contributed by atoms with Crippen LogP contribution in [0.15, 0.2) is 12.8 Å². The van der Waals surface area contributed by atoms with E-state index < -0.39 is 5.60 Å². The lowest BCUT2D eigenvalue weighted by atomic mass is 9.91. The molecule has 2 N–H and O–H groups in total. The second kappa shape index (κ2) is 8.93. The molecule has 0 atom stereocenters. The summed E-state index contributed by atoms with van der Waals surface area (Å²) in [5, 5.41) is 6.49. The number of nitrogens with one attached hydrogen (secondary N) is 2. The van der Waals surface area contributed by atoms with Crippen molar-refractivity contribution in [3.05, 3.63) is 12.8 Å². The summed E-state index contributed by atoms with van der Waals surface area (Å²) in [5.74, 6) is 0. The summed E-state index contributed by atoms with van der Waals surface area (Å²) in [7, 11) is 0. The first-order chi connectivity index (χ1) is 9.90. The van der Waals surface area contributed by atoms with E-state index in [1.165, 1.54) is 6.26 Å². The lowest BCUT2D eigenvalue weighted by molar-refractivity contribution is 0.0489. The van der Waals surface area contributed by atoms with Gasteiger partial charge in [0.25, 0.3) is 0 Å². The van der Waals surface area contributed by atoms with Crippen molar-refractivity contribution in [3.8, 4) is 0 Å². The molecule has 5 heteroatoms. The molecule has 0 aromatic carbocycles. The zero-order chi connectivity index (χ0) is 15.7. The lowest BCUT2D eigenvalue weighted by Gasteiger charge is -2.30.